The molecule has 0 saturated carbocycles. The Morgan fingerprint density at radius 1 is 1.00 bits per heavy atom. The van der Waals surface area contributed by atoms with Crippen molar-refractivity contribution in [1.29, 1.82) is 0 Å². The molecule has 0 spiro atoms. The summed E-state index contributed by atoms with van der Waals surface area (Å²) in [6.45, 7) is 0.238. The van der Waals surface area contributed by atoms with E-state index in [-0.39, 0.29) is 12.7 Å². The third kappa shape index (κ3) is 3.35. The number of aromatic nitrogens is 2. The van der Waals surface area contributed by atoms with Gasteiger partial charge in [-0.25, -0.2) is 4.98 Å². The summed E-state index contributed by atoms with van der Waals surface area (Å²) < 4.78 is 10.6. The maximum Gasteiger partial charge on any atom is 0.257 e. The maximum atomic E-state index is 12.1. The molecule has 0 atom stereocenters. The lowest BCUT2D eigenvalue weighted by molar-refractivity contribution is 0.102. The summed E-state index contributed by atoms with van der Waals surface area (Å²) in [5.41, 5.74) is 1.93. The second-order valence-corrected chi connectivity index (χ2v) is 5.32. The van der Waals surface area contributed by atoms with Gasteiger partial charge in [0, 0.05) is 24.1 Å². The van der Waals surface area contributed by atoms with Crippen molar-refractivity contribution in [2.24, 2.45) is 0 Å². The lowest BCUT2D eigenvalue weighted by Gasteiger charge is -2.08. The second kappa shape index (κ2) is 6.48. The van der Waals surface area contributed by atoms with Gasteiger partial charge in [-0.3, -0.25) is 9.78 Å². The molecule has 25 heavy (non-hydrogen) atoms. The molecule has 1 aromatic carbocycles. The van der Waals surface area contributed by atoms with Crippen molar-refractivity contribution >= 4 is 23.1 Å². The first kappa shape index (κ1) is 14.9. The lowest BCUT2D eigenvalue weighted by atomic mass is 10.2. The minimum absolute atomic E-state index is 0.230. The van der Waals surface area contributed by atoms with Crippen molar-refractivity contribution in [3.05, 3.63) is 66.6 Å². The molecule has 2 N–H and O–H groups in total. The summed E-state index contributed by atoms with van der Waals surface area (Å²) in [7, 11) is 0. The number of hydrogen-bond acceptors (Lipinski definition) is 6. The van der Waals surface area contributed by atoms with Gasteiger partial charge in [0.25, 0.3) is 5.91 Å². The third-order valence-corrected chi connectivity index (χ3v) is 3.59. The van der Waals surface area contributed by atoms with E-state index in [2.05, 4.69) is 20.6 Å². The Balaban J connectivity index is 1.42. The molecule has 0 fully saturated rings. The molecule has 0 radical (unpaired) electrons. The predicted molar refractivity (Wildman–Crippen MR) is 92.3 cm³/mol. The average molecular weight is 334 g/mol. The van der Waals surface area contributed by atoms with Crippen LogP contribution in [0.1, 0.15) is 10.4 Å². The summed E-state index contributed by atoms with van der Waals surface area (Å²) >= 11 is 0. The maximum absolute atomic E-state index is 12.1. The van der Waals surface area contributed by atoms with Gasteiger partial charge < -0.3 is 20.1 Å². The van der Waals surface area contributed by atoms with Crippen LogP contribution in [0.4, 0.5) is 17.2 Å². The summed E-state index contributed by atoms with van der Waals surface area (Å²) in [6, 6.07) is 12.5. The Bertz CT molecular complexity index is 898. The Hall–Kier alpha value is -3.61. The summed E-state index contributed by atoms with van der Waals surface area (Å²) in [5.74, 6) is 1.85. The Kier molecular flexibility index (Phi) is 3.88. The van der Waals surface area contributed by atoms with Crippen LogP contribution in [0.2, 0.25) is 0 Å². The van der Waals surface area contributed by atoms with E-state index in [1.807, 2.05) is 18.2 Å². The number of ether oxygens (including phenoxy) is 2. The fourth-order valence-electron chi connectivity index (χ4n) is 2.36. The van der Waals surface area contributed by atoms with Crippen LogP contribution in [-0.2, 0) is 0 Å². The number of nitrogens with one attached hydrogen (secondary N) is 2. The van der Waals surface area contributed by atoms with E-state index < -0.39 is 0 Å². The second-order valence-electron chi connectivity index (χ2n) is 5.32. The van der Waals surface area contributed by atoms with Crippen molar-refractivity contribution in [2.45, 2.75) is 0 Å². The van der Waals surface area contributed by atoms with Crippen molar-refractivity contribution < 1.29 is 14.3 Å². The molecule has 2 aromatic heterocycles. The van der Waals surface area contributed by atoms with Gasteiger partial charge >= 0.3 is 0 Å². The monoisotopic (exact) mass is 334 g/mol. The number of anilines is 3. The predicted octanol–water partition coefficient (Wildman–Crippen LogP) is 3.20. The van der Waals surface area contributed by atoms with Gasteiger partial charge in [0.15, 0.2) is 11.5 Å². The van der Waals surface area contributed by atoms with Gasteiger partial charge in [-0.2, -0.15) is 0 Å². The highest BCUT2D eigenvalue weighted by Crippen LogP contribution is 2.34. The number of fused-ring (bicyclic) bond motifs is 1. The molecule has 3 aromatic rings. The van der Waals surface area contributed by atoms with E-state index in [0.717, 1.165) is 11.4 Å². The minimum Gasteiger partial charge on any atom is -0.454 e. The molecule has 7 nitrogen and oxygen atoms in total. The molecular formula is C18H14N4O3. The molecule has 1 aliphatic rings. The van der Waals surface area contributed by atoms with E-state index in [0.29, 0.717) is 22.8 Å². The fourth-order valence-corrected chi connectivity index (χ4v) is 2.36. The largest absolute Gasteiger partial charge is 0.454 e. The summed E-state index contributed by atoms with van der Waals surface area (Å²) in [5, 5.41) is 5.95. The number of carbonyl (C=O) groups is 1. The first-order valence-electron chi connectivity index (χ1n) is 7.62. The van der Waals surface area contributed by atoms with Crippen LogP contribution < -0.4 is 20.1 Å². The lowest BCUT2D eigenvalue weighted by Crippen LogP contribution is -2.12. The molecule has 124 valence electrons. The molecule has 0 aliphatic carbocycles. The van der Waals surface area contributed by atoms with E-state index in [9.17, 15) is 4.79 Å². The van der Waals surface area contributed by atoms with Crippen LogP contribution in [0.15, 0.2) is 61.1 Å². The Morgan fingerprint density at radius 2 is 1.88 bits per heavy atom. The average Bonchev–Trinajstić information content (AvgIpc) is 3.12. The summed E-state index contributed by atoms with van der Waals surface area (Å²) in [6.07, 6.45) is 4.72. The topological polar surface area (TPSA) is 85.4 Å². The van der Waals surface area contributed by atoms with Crippen molar-refractivity contribution in [3.63, 3.8) is 0 Å². The molecular weight excluding hydrogens is 320 g/mol. The SMILES string of the molecule is O=C(Nc1ccc(Nc2ccc3c(c2)OCO3)nc1)c1cccnc1. The standard InChI is InChI=1S/C18H14N4O3/c23-18(12-2-1-7-19-9-12)22-14-4-6-17(20-10-14)21-13-3-5-15-16(8-13)25-11-24-15/h1-10H,11H2,(H,20,21)(H,22,23). The Morgan fingerprint density at radius 3 is 2.68 bits per heavy atom. The van der Waals surface area contributed by atoms with Gasteiger partial charge in [0.1, 0.15) is 5.82 Å². The highest BCUT2D eigenvalue weighted by Gasteiger charge is 2.13. The van der Waals surface area contributed by atoms with Gasteiger partial charge in [-0.1, -0.05) is 0 Å². The molecule has 0 saturated heterocycles. The van der Waals surface area contributed by atoms with Crippen LogP contribution in [0, 0.1) is 0 Å². The zero-order chi connectivity index (χ0) is 17.1. The quantitative estimate of drug-likeness (QED) is 0.762. The highest BCUT2D eigenvalue weighted by atomic mass is 16.7. The first-order valence-corrected chi connectivity index (χ1v) is 7.62. The molecule has 0 unspecified atom stereocenters. The fraction of sp³-hybridized carbons (Fsp3) is 0.0556. The van der Waals surface area contributed by atoms with E-state index in [1.165, 1.54) is 6.20 Å². The van der Waals surface area contributed by atoms with Crippen LogP contribution in [0.25, 0.3) is 0 Å². The highest BCUT2D eigenvalue weighted by molar-refractivity contribution is 6.03. The van der Waals surface area contributed by atoms with Crippen molar-refractivity contribution in [3.8, 4) is 11.5 Å². The van der Waals surface area contributed by atoms with Gasteiger partial charge in [-0.05, 0) is 36.4 Å². The summed E-state index contributed by atoms with van der Waals surface area (Å²) in [4.78, 5) is 20.3. The number of pyridine rings is 2. The van der Waals surface area contributed by atoms with Crippen LogP contribution in [-0.4, -0.2) is 22.7 Å². The number of rotatable bonds is 4. The molecule has 1 aliphatic heterocycles. The van der Waals surface area contributed by atoms with Gasteiger partial charge in [0.2, 0.25) is 6.79 Å². The molecule has 1 amide bonds. The number of benzene rings is 1. The number of nitrogens with zero attached hydrogens (tertiary/aromatic N) is 2. The van der Waals surface area contributed by atoms with Gasteiger partial charge in [-0.15, -0.1) is 0 Å². The van der Waals surface area contributed by atoms with Crippen LogP contribution in [0.5, 0.6) is 11.5 Å². The van der Waals surface area contributed by atoms with Crippen LogP contribution >= 0.6 is 0 Å². The molecule has 0 bridgehead atoms. The number of hydrogen-bond donors (Lipinski definition) is 2. The smallest absolute Gasteiger partial charge is 0.257 e. The zero-order valence-electron chi connectivity index (χ0n) is 13.1. The molecule has 7 heteroatoms. The molecule has 3 heterocycles. The Labute approximate surface area is 143 Å². The zero-order valence-corrected chi connectivity index (χ0v) is 13.1. The van der Waals surface area contributed by atoms with Crippen molar-refractivity contribution in [2.75, 3.05) is 17.4 Å². The number of carbonyl (C=O) groups excluding carboxylic acids is 1. The van der Waals surface area contributed by atoms with Crippen LogP contribution in [0.3, 0.4) is 0 Å². The van der Waals surface area contributed by atoms with Crippen molar-refractivity contribution in [1.82, 2.24) is 9.97 Å². The van der Waals surface area contributed by atoms with E-state index in [4.69, 9.17) is 9.47 Å². The van der Waals surface area contributed by atoms with Gasteiger partial charge in [0.05, 0.1) is 17.4 Å². The van der Waals surface area contributed by atoms with E-state index in [1.54, 1.807) is 36.7 Å². The first-order chi connectivity index (χ1) is 12.3. The molecule has 4 rings (SSSR count). The van der Waals surface area contributed by atoms with E-state index >= 15 is 0 Å². The minimum atomic E-state index is -0.230. The normalized spacial score (nSPS) is 11.8. The number of amides is 1. The third-order valence-electron chi connectivity index (χ3n) is 3.59.